The number of aromatic amines is 1. The van der Waals surface area contributed by atoms with Crippen LogP contribution in [0.3, 0.4) is 0 Å². The average Bonchev–Trinajstić information content (AvgIpc) is 2.95. The van der Waals surface area contributed by atoms with Gasteiger partial charge in [-0.1, -0.05) is 45.7 Å². The molecule has 0 aliphatic heterocycles. The molecule has 1 aromatic heterocycles. The van der Waals surface area contributed by atoms with Gasteiger partial charge in [-0.3, -0.25) is 20.4 Å². The topological polar surface area (TPSA) is 74.0 Å². The van der Waals surface area contributed by atoms with Gasteiger partial charge in [-0.2, -0.15) is 0 Å². The van der Waals surface area contributed by atoms with Crippen LogP contribution in [0.1, 0.15) is 20.8 Å². The first-order valence-corrected chi connectivity index (χ1v) is 7.85. The van der Waals surface area contributed by atoms with Crippen LogP contribution in [0.2, 0.25) is 5.02 Å². The monoisotopic (exact) mass is 391 g/mol. The molecule has 0 atom stereocenters. The van der Waals surface area contributed by atoms with Crippen molar-refractivity contribution in [3.8, 4) is 0 Å². The maximum atomic E-state index is 12.1. The number of amides is 2. The molecule has 1 heterocycles. The number of carbonyl (C=O) groups is 2. The third kappa shape index (κ3) is 3.38. The highest BCUT2D eigenvalue weighted by molar-refractivity contribution is 9.10. The highest BCUT2D eigenvalue weighted by Gasteiger charge is 2.13. The Morgan fingerprint density at radius 3 is 2.52 bits per heavy atom. The molecule has 3 N–H and O–H groups in total. The van der Waals surface area contributed by atoms with Gasteiger partial charge in [-0.05, 0) is 30.3 Å². The van der Waals surface area contributed by atoms with Gasteiger partial charge in [0.2, 0.25) is 0 Å². The summed E-state index contributed by atoms with van der Waals surface area (Å²) in [7, 11) is 0. The molecule has 23 heavy (non-hydrogen) atoms. The van der Waals surface area contributed by atoms with Gasteiger partial charge >= 0.3 is 0 Å². The summed E-state index contributed by atoms with van der Waals surface area (Å²) in [6, 6.07) is 13.9. The number of nitrogens with one attached hydrogen (secondary N) is 3. The maximum absolute atomic E-state index is 12.1. The number of hydrazine groups is 1. The normalized spacial score (nSPS) is 10.5. The highest BCUT2D eigenvalue weighted by atomic mass is 79.9. The molecule has 5 nitrogen and oxygen atoms in total. The van der Waals surface area contributed by atoms with Crippen molar-refractivity contribution < 1.29 is 9.59 Å². The van der Waals surface area contributed by atoms with Crippen molar-refractivity contribution in [1.29, 1.82) is 0 Å². The molecule has 0 fully saturated rings. The Hall–Kier alpha value is -2.31. The number of halogens is 2. The van der Waals surface area contributed by atoms with E-state index in [1.807, 2.05) is 18.2 Å². The van der Waals surface area contributed by atoms with E-state index in [0.29, 0.717) is 10.7 Å². The van der Waals surface area contributed by atoms with E-state index < -0.39 is 11.8 Å². The van der Waals surface area contributed by atoms with E-state index in [2.05, 4.69) is 31.8 Å². The molecule has 3 aromatic rings. The second kappa shape index (κ2) is 6.44. The summed E-state index contributed by atoms with van der Waals surface area (Å²) in [5.41, 5.74) is 6.15. The van der Waals surface area contributed by atoms with Crippen LogP contribution < -0.4 is 10.9 Å². The van der Waals surface area contributed by atoms with E-state index in [9.17, 15) is 9.59 Å². The van der Waals surface area contributed by atoms with E-state index in [4.69, 9.17) is 11.6 Å². The molecule has 116 valence electrons. The molecule has 0 aliphatic rings. The van der Waals surface area contributed by atoms with Crippen LogP contribution in [0.25, 0.3) is 10.9 Å². The van der Waals surface area contributed by atoms with Crippen molar-refractivity contribution in [1.82, 2.24) is 15.8 Å². The minimum Gasteiger partial charge on any atom is -0.350 e. The molecular formula is C16H11BrClN3O2. The van der Waals surface area contributed by atoms with Crippen molar-refractivity contribution in [2.75, 3.05) is 0 Å². The van der Waals surface area contributed by atoms with E-state index >= 15 is 0 Å². The lowest BCUT2D eigenvalue weighted by molar-refractivity contribution is 0.0844. The minimum atomic E-state index is -0.484. The first-order valence-electron chi connectivity index (χ1n) is 6.68. The van der Waals surface area contributed by atoms with Gasteiger partial charge in [-0.15, -0.1) is 0 Å². The van der Waals surface area contributed by atoms with Crippen LogP contribution in [0.4, 0.5) is 0 Å². The molecule has 0 spiro atoms. The number of hydrogen-bond donors (Lipinski definition) is 3. The summed E-state index contributed by atoms with van der Waals surface area (Å²) in [5, 5.41) is 1.21. The molecule has 3 rings (SSSR count). The third-order valence-corrected chi connectivity index (χ3v) is 4.06. The van der Waals surface area contributed by atoms with Gasteiger partial charge in [0.1, 0.15) is 5.69 Å². The Bertz CT molecular complexity index is 907. The van der Waals surface area contributed by atoms with Crippen LogP contribution in [-0.2, 0) is 0 Å². The van der Waals surface area contributed by atoms with Crippen LogP contribution >= 0.6 is 27.5 Å². The van der Waals surface area contributed by atoms with Crippen molar-refractivity contribution >= 4 is 50.2 Å². The molecule has 0 unspecified atom stereocenters. The van der Waals surface area contributed by atoms with Crippen molar-refractivity contribution in [3.05, 3.63) is 69.3 Å². The lowest BCUT2D eigenvalue weighted by Gasteiger charge is -2.07. The lowest BCUT2D eigenvalue weighted by atomic mass is 10.2. The summed E-state index contributed by atoms with van der Waals surface area (Å²) in [4.78, 5) is 27.1. The highest BCUT2D eigenvalue weighted by Crippen LogP contribution is 2.20. The van der Waals surface area contributed by atoms with Gasteiger partial charge in [0.05, 0.1) is 10.6 Å². The zero-order valence-corrected chi connectivity index (χ0v) is 14.0. The zero-order chi connectivity index (χ0) is 16.4. The SMILES string of the molecule is O=C(NNC(=O)c1ccccc1Cl)c1cc2ccc(Br)cc2[nH]1. The van der Waals surface area contributed by atoms with Gasteiger partial charge < -0.3 is 4.98 Å². The maximum Gasteiger partial charge on any atom is 0.286 e. The van der Waals surface area contributed by atoms with Crippen molar-refractivity contribution in [3.63, 3.8) is 0 Å². The molecule has 0 bridgehead atoms. The number of benzene rings is 2. The molecule has 7 heteroatoms. The minimum absolute atomic E-state index is 0.287. The second-order valence-electron chi connectivity index (χ2n) is 4.80. The van der Waals surface area contributed by atoms with Crippen molar-refractivity contribution in [2.45, 2.75) is 0 Å². The number of aromatic nitrogens is 1. The summed E-state index contributed by atoms with van der Waals surface area (Å²) >= 11 is 9.31. The van der Waals surface area contributed by atoms with Crippen LogP contribution in [0, 0.1) is 0 Å². The lowest BCUT2D eigenvalue weighted by Crippen LogP contribution is -2.41. The van der Waals surface area contributed by atoms with E-state index in [-0.39, 0.29) is 5.56 Å². The predicted octanol–water partition coefficient (Wildman–Crippen LogP) is 3.66. The Balaban J connectivity index is 1.71. The second-order valence-corrected chi connectivity index (χ2v) is 6.13. The fourth-order valence-corrected chi connectivity index (χ4v) is 2.70. The number of hydrogen-bond acceptors (Lipinski definition) is 2. The standard InChI is InChI=1S/C16H11BrClN3O2/c17-10-6-5-9-7-14(19-13(9)8-10)16(23)21-20-15(22)11-3-1-2-4-12(11)18/h1-8,19H,(H,20,22)(H,21,23). The van der Waals surface area contributed by atoms with E-state index in [1.54, 1.807) is 30.3 Å². The number of H-pyrrole nitrogens is 1. The summed E-state index contributed by atoms with van der Waals surface area (Å²) in [6.45, 7) is 0. The summed E-state index contributed by atoms with van der Waals surface area (Å²) in [6.07, 6.45) is 0. The third-order valence-electron chi connectivity index (χ3n) is 3.24. The van der Waals surface area contributed by atoms with Crippen LogP contribution in [-0.4, -0.2) is 16.8 Å². The molecule has 2 aromatic carbocycles. The molecule has 0 radical (unpaired) electrons. The summed E-state index contributed by atoms with van der Waals surface area (Å²) in [5.74, 6) is -0.930. The molecule has 0 saturated carbocycles. The van der Waals surface area contributed by atoms with Crippen molar-refractivity contribution in [2.24, 2.45) is 0 Å². The quantitative estimate of drug-likeness (QED) is 0.582. The Kier molecular flexibility index (Phi) is 4.36. The van der Waals surface area contributed by atoms with Gasteiger partial charge in [-0.25, -0.2) is 0 Å². The fourth-order valence-electron chi connectivity index (χ4n) is 2.12. The molecule has 0 aliphatic carbocycles. The Morgan fingerprint density at radius 1 is 1.00 bits per heavy atom. The van der Waals surface area contributed by atoms with Crippen LogP contribution in [0.15, 0.2) is 53.0 Å². The van der Waals surface area contributed by atoms with Gasteiger partial charge in [0, 0.05) is 15.4 Å². The van der Waals surface area contributed by atoms with Gasteiger partial charge in [0.15, 0.2) is 0 Å². The largest absolute Gasteiger partial charge is 0.350 e. The summed E-state index contributed by atoms with van der Waals surface area (Å²) < 4.78 is 0.908. The number of fused-ring (bicyclic) bond motifs is 1. The fraction of sp³-hybridized carbons (Fsp3) is 0. The average molecular weight is 393 g/mol. The van der Waals surface area contributed by atoms with Gasteiger partial charge in [0.25, 0.3) is 11.8 Å². The number of carbonyl (C=O) groups excluding carboxylic acids is 2. The number of rotatable bonds is 2. The van der Waals surface area contributed by atoms with E-state index in [1.165, 1.54) is 0 Å². The molecule has 2 amide bonds. The Labute approximate surface area is 145 Å². The zero-order valence-electron chi connectivity index (χ0n) is 11.7. The first-order chi connectivity index (χ1) is 11.0. The first kappa shape index (κ1) is 15.6. The van der Waals surface area contributed by atoms with Crippen LogP contribution in [0.5, 0.6) is 0 Å². The molecule has 0 saturated heterocycles. The molecular weight excluding hydrogens is 382 g/mol. The predicted molar refractivity (Wildman–Crippen MR) is 92.4 cm³/mol. The smallest absolute Gasteiger partial charge is 0.286 e. The Morgan fingerprint density at radius 2 is 1.74 bits per heavy atom. The van der Waals surface area contributed by atoms with E-state index in [0.717, 1.165) is 15.4 Å².